The van der Waals surface area contributed by atoms with Crippen LogP contribution in [0.4, 0.5) is 0 Å². The maximum atomic E-state index is 12.1. The molecule has 2 amide bonds. The lowest BCUT2D eigenvalue weighted by Crippen LogP contribution is -2.41. The van der Waals surface area contributed by atoms with Gasteiger partial charge in [-0.3, -0.25) is 20.4 Å². The summed E-state index contributed by atoms with van der Waals surface area (Å²) < 4.78 is 0. The number of hydrogen-bond donors (Lipinski definition) is 3. The molecule has 6 nitrogen and oxygen atoms in total. The molecule has 3 rings (SSSR count). The summed E-state index contributed by atoms with van der Waals surface area (Å²) in [6, 6.07) is 10.3. The first-order valence-corrected chi connectivity index (χ1v) is 7.22. The SMILES string of the molecule is Cc1ccc(C(=O)NNC(=O)c2cc3cc(Cl)ncc3[nH]2)cc1. The number of pyridine rings is 1. The summed E-state index contributed by atoms with van der Waals surface area (Å²) in [5.74, 6) is -0.850. The Kier molecular flexibility index (Phi) is 3.99. The summed E-state index contributed by atoms with van der Waals surface area (Å²) in [7, 11) is 0. The standard InChI is InChI=1S/C16H13ClN4O2/c1-9-2-4-10(5-3-9)15(22)20-21-16(23)12-6-11-7-14(17)18-8-13(11)19-12/h2-8,19H,1H3,(H,20,22)(H,21,23). The molecule has 0 radical (unpaired) electrons. The fraction of sp³-hybridized carbons (Fsp3) is 0.0625. The van der Waals surface area contributed by atoms with Gasteiger partial charge in [-0.25, -0.2) is 4.98 Å². The summed E-state index contributed by atoms with van der Waals surface area (Å²) in [6.07, 6.45) is 1.54. The van der Waals surface area contributed by atoms with Crippen LogP contribution in [0, 0.1) is 6.92 Å². The third-order valence-electron chi connectivity index (χ3n) is 3.32. The average molecular weight is 329 g/mol. The van der Waals surface area contributed by atoms with Crippen molar-refractivity contribution in [1.82, 2.24) is 20.8 Å². The number of fused-ring (bicyclic) bond motifs is 1. The highest BCUT2D eigenvalue weighted by Gasteiger charge is 2.12. The molecule has 23 heavy (non-hydrogen) atoms. The van der Waals surface area contributed by atoms with Gasteiger partial charge in [-0.1, -0.05) is 29.3 Å². The molecule has 0 saturated carbocycles. The van der Waals surface area contributed by atoms with E-state index in [2.05, 4.69) is 20.8 Å². The third-order valence-corrected chi connectivity index (χ3v) is 3.53. The molecular formula is C16H13ClN4O2. The number of halogens is 1. The molecule has 0 bridgehead atoms. The second-order valence-electron chi connectivity index (χ2n) is 5.05. The van der Waals surface area contributed by atoms with Gasteiger partial charge in [0.05, 0.1) is 11.7 Å². The molecule has 0 fully saturated rings. The van der Waals surface area contributed by atoms with E-state index in [-0.39, 0.29) is 5.91 Å². The number of carbonyl (C=O) groups is 2. The van der Waals surface area contributed by atoms with Crippen molar-refractivity contribution in [3.05, 3.63) is 64.6 Å². The zero-order valence-corrected chi connectivity index (χ0v) is 12.9. The zero-order valence-electron chi connectivity index (χ0n) is 12.2. The number of aryl methyl sites for hydroxylation is 1. The van der Waals surface area contributed by atoms with E-state index in [9.17, 15) is 9.59 Å². The molecule has 1 aromatic carbocycles. The van der Waals surface area contributed by atoms with Crippen molar-refractivity contribution in [2.75, 3.05) is 0 Å². The summed E-state index contributed by atoms with van der Waals surface area (Å²) in [5.41, 5.74) is 7.23. The van der Waals surface area contributed by atoms with Crippen LogP contribution < -0.4 is 10.9 Å². The van der Waals surface area contributed by atoms with Crippen molar-refractivity contribution in [3.63, 3.8) is 0 Å². The van der Waals surface area contributed by atoms with Gasteiger partial charge in [-0.15, -0.1) is 0 Å². The predicted molar refractivity (Wildman–Crippen MR) is 87.2 cm³/mol. The van der Waals surface area contributed by atoms with Crippen molar-refractivity contribution in [1.29, 1.82) is 0 Å². The lowest BCUT2D eigenvalue weighted by atomic mass is 10.1. The number of nitrogens with zero attached hydrogens (tertiary/aromatic N) is 1. The average Bonchev–Trinajstić information content (AvgIpc) is 2.96. The largest absolute Gasteiger partial charge is 0.349 e. The molecule has 2 aromatic heterocycles. The maximum absolute atomic E-state index is 12.1. The third kappa shape index (κ3) is 3.32. The minimum absolute atomic E-state index is 0.299. The number of hydrazine groups is 1. The fourth-order valence-electron chi connectivity index (χ4n) is 2.08. The zero-order chi connectivity index (χ0) is 16.4. The highest BCUT2D eigenvalue weighted by atomic mass is 35.5. The van der Waals surface area contributed by atoms with Crippen LogP contribution in [0.2, 0.25) is 5.15 Å². The van der Waals surface area contributed by atoms with E-state index in [0.29, 0.717) is 21.9 Å². The van der Waals surface area contributed by atoms with Crippen LogP contribution in [0.5, 0.6) is 0 Å². The van der Waals surface area contributed by atoms with E-state index in [1.165, 1.54) is 0 Å². The van der Waals surface area contributed by atoms with Gasteiger partial charge in [0.25, 0.3) is 11.8 Å². The smallest absolute Gasteiger partial charge is 0.286 e. The highest BCUT2D eigenvalue weighted by Crippen LogP contribution is 2.17. The van der Waals surface area contributed by atoms with Gasteiger partial charge in [0, 0.05) is 10.9 Å². The van der Waals surface area contributed by atoms with Crippen LogP contribution in [0.25, 0.3) is 10.9 Å². The summed E-state index contributed by atoms with van der Waals surface area (Å²) in [6.45, 7) is 1.93. The number of benzene rings is 1. The molecule has 7 heteroatoms. The molecule has 3 aromatic rings. The van der Waals surface area contributed by atoms with E-state index in [1.807, 2.05) is 19.1 Å². The number of nitrogens with one attached hydrogen (secondary N) is 3. The molecule has 0 saturated heterocycles. The number of amides is 2. The van der Waals surface area contributed by atoms with Crippen LogP contribution in [0.1, 0.15) is 26.4 Å². The van der Waals surface area contributed by atoms with Gasteiger partial charge in [0.2, 0.25) is 0 Å². The molecule has 0 spiro atoms. The Morgan fingerprint density at radius 1 is 1.09 bits per heavy atom. The van der Waals surface area contributed by atoms with Crippen molar-refractivity contribution in [2.45, 2.75) is 6.92 Å². The first-order valence-electron chi connectivity index (χ1n) is 6.84. The molecule has 0 aliphatic heterocycles. The number of aromatic amines is 1. The predicted octanol–water partition coefficient (Wildman–Crippen LogP) is 2.60. The van der Waals surface area contributed by atoms with Gasteiger partial charge in [-0.05, 0) is 31.2 Å². The number of aromatic nitrogens is 2. The van der Waals surface area contributed by atoms with E-state index >= 15 is 0 Å². The lowest BCUT2D eigenvalue weighted by Gasteiger charge is -2.06. The van der Waals surface area contributed by atoms with Crippen LogP contribution >= 0.6 is 11.6 Å². The van der Waals surface area contributed by atoms with Crippen molar-refractivity contribution in [3.8, 4) is 0 Å². The van der Waals surface area contributed by atoms with Gasteiger partial charge in [-0.2, -0.15) is 0 Å². The molecule has 0 unspecified atom stereocenters. The van der Waals surface area contributed by atoms with E-state index in [1.54, 1.807) is 30.5 Å². The van der Waals surface area contributed by atoms with Gasteiger partial charge in [0.1, 0.15) is 10.8 Å². The highest BCUT2D eigenvalue weighted by molar-refractivity contribution is 6.30. The van der Waals surface area contributed by atoms with Crippen LogP contribution in [-0.2, 0) is 0 Å². The maximum Gasteiger partial charge on any atom is 0.286 e. The Morgan fingerprint density at radius 3 is 2.52 bits per heavy atom. The second kappa shape index (κ2) is 6.10. The summed E-state index contributed by atoms with van der Waals surface area (Å²) in [5, 5.41) is 1.11. The molecule has 116 valence electrons. The summed E-state index contributed by atoms with van der Waals surface area (Å²) in [4.78, 5) is 30.9. The van der Waals surface area contributed by atoms with E-state index in [0.717, 1.165) is 10.9 Å². The molecule has 0 aliphatic rings. The Bertz CT molecular complexity index is 887. The molecular weight excluding hydrogens is 316 g/mol. The topological polar surface area (TPSA) is 86.9 Å². The Morgan fingerprint density at radius 2 is 1.78 bits per heavy atom. The number of rotatable bonds is 2. The van der Waals surface area contributed by atoms with E-state index in [4.69, 9.17) is 11.6 Å². The van der Waals surface area contributed by atoms with Crippen LogP contribution in [0.15, 0.2) is 42.6 Å². The van der Waals surface area contributed by atoms with Gasteiger partial charge < -0.3 is 4.98 Å². The quantitative estimate of drug-likeness (QED) is 0.499. The molecule has 3 N–H and O–H groups in total. The van der Waals surface area contributed by atoms with Gasteiger partial charge in [0.15, 0.2) is 0 Å². The number of carbonyl (C=O) groups excluding carboxylic acids is 2. The normalized spacial score (nSPS) is 10.5. The van der Waals surface area contributed by atoms with Gasteiger partial charge >= 0.3 is 0 Å². The molecule has 0 aliphatic carbocycles. The summed E-state index contributed by atoms with van der Waals surface area (Å²) >= 11 is 5.81. The second-order valence-corrected chi connectivity index (χ2v) is 5.44. The Hall–Kier alpha value is -2.86. The van der Waals surface area contributed by atoms with Crippen molar-refractivity contribution < 1.29 is 9.59 Å². The van der Waals surface area contributed by atoms with Crippen LogP contribution in [-0.4, -0.2) is 21.8 Å². The molecule has 0 atom stereocenters. The fourth-order valence-corrected chi connectivity index (χ4v) is 2.25. The number of hydrogen-bond acceptors (Lipinski definition) is 3. The van der Waals surface area contributed by atoms with Crippen molar-refractivity contribution in [2.24, 2.45) is 0 Å². The lowest BCUT2D eigenvalue weighted by molar-refractivity contribution is 0.0844. The number of H-pyrrole nitrogens is 1. The van der Waals surface area contributed by atoms with E-state index < -0.39 is 5.91 Å². The first kappa shape index (κ1) is 15.1. The van der Waals surface area contributed by atoms with Crippen molar-refractivity contribution >= 4 is 34.3 Å². The Labute approximate surface area is 136 Å². The minimum atomic E-state index is -0.460. The minimum Gasteiger partial charge on any atom is -0.349 e. The van der Waals surface area contributed by atoms with Crippen LogP contribution in [0.3, 0.4) is 0 Å². The first-order chi connectivity index (χ1) is 11.0. The molecule has 2 heterocycles. The monoisotopic (exact) mass is 328 g/mol. The Balaban J connectivity index is 1.68.